The third kappa shape index (κ3) is 3.85. The SMILES string of the molecule is CCCCc1nc(C)c(C(=O)N2CCC(C(=O)NC)CC2)s1. The second-order valence-electron chi connectivity index (χ2n) is 5.81. The lowest BCUT2D eigenvalue weighted by atomic mass is 9.96. The van der Waals surface area contributed by atoms with E-state index in [0.29, 0.717) is 13.1 Å². The minimum Gasteiger partial charge on any atom is -0.359 e. The van der Waals surface area contributed by atoms with Crippen LogP contribution in [-0.4, -0.2) is 41.8 Å². The van der Waals surface area contributed by atoms with Crippen LogP contribution in [0, 0.1) is 12.8 Å². The van der Waals surface area contributed by atoms with Gasteiger partial charge >= 0.3 is 0 Å². The molecule has 2 heterocycles. The van der Waals surface area contributed by atoms with Crippen LogP contribution in [0.25, 0.3) is 0 Å². The number of aryl methyl sites for hydroxylation is 2. The average molecular weight is 323 g/mol. The molecular weight excluding hydrogens is 298 g/mol. The molecule has 0 atom stereocenters. The molecular formula is C16H25N3O2S. The normalized spacial score (nSPS) is 15.9. The summed E-state index contributed by atoms with van der Waals surface area (Å²) >= 11 is 1.53. The molecule has 0 aliphatic carbocycles. The highest BCUT2D eigenvalue weighted by Gasteiger charge is 2.28. The quantitative estimate of drug-likeness (QED) is 0.905. The Bertz CT molecular complexity index is 533. The van der Waals surface area contributed by atoms with Crippen LogP contribution < -0.4 is 5.32 Å². The molecule has 6 heteroatoms. The summed E-state index contributed by atoms with van der Waals surface area (Å²) in [5, 5.41) is 3.75. The van der Waals surface area contributed by atoms with Crippen molar-refractivity contribution in [1.82, 2.24) is 15.2 Å². The number of piperidine rings is 1. The molecule has 1 N–H and O–H groups in total. The van der Waals surface area contributed by atoms with E-state index in [4.69, 9.17) is 0 Å². The smallest absolute Gasteiger partial charge is 0.265 e. The molecule has 1 saturated heterocycles. The molecule has 1 aliphatic heterocycles. The summed E-state index contributed by atoms with van der Waals surface area (Å²) in [6, 6.07) is 0. The van der Waals surface area contributed by atoms with E-state index in [1.807, 2.05) is 11.8 Å². The number of hydrogen-bond donors (Lipinski definition) is 1. The van der Waals surface area contributed by atoms with Gasteiger partial charge in [0.1, 0.15) is 4.88 Å². The summed E-state index contributed by atoms with van der Waals surface area (Å²) in [7, 11) is 1.67. The van der Waals surface area contributed by atoms with Gasteiger partial charge in [-0.2, -0.15) is 0 Å². The van der Waals surface area contributed by atoms with E-state index in [1.165, 1.54) is 11.3 Å². The molecule has 1 aromatic heterocycles. The van der Waals surface area contributed by atoms with Crippen molar-refractivity contribution < 1.29 is 9.59 Å². The molecule has 5 nitrogen and oxygen atoms in total. The van der Waals surface area contributed by atoms with Gasteiger partial charge in [0.2, 0.25) is 5.91 Å². The molecule has 1 fully saturated rings. The molecule has 1 aromatic rings. The first kappa shape index (κ1) is 16.9. The molecule has 0 spiro atoms. The van der Waals surface area contributed by atoms with Gasteiger partial charge in [0.05, 0.1) is 10.7 Å². The first-order valence-electron chi connectivity index (χ1n) is 8.04. The lowest BCUT2D eigenvalue weighted by Crippen LogP contribution is -2.42. The molecule has 122 valence electrons. The predicted octanol–water partition coefficient (Wildman–Crippen LogP) is 2.39. The Morgan fingerprint density at radius 3 is 2.64 bits per heavy atom. The van der Waals surface area contributed by atoms with Crippen LogP contribution in [0.5, 0.6) is 0 Å². The van der Waals surface area contributed by atoms with E-state index < -0.39 is 0 Å². The van der Waals surface area contributed by atoms with E-state index in [1.54, 1.807) is 7.05 Å². The number of rotatable bonds is 5. The number of nitrogens with one attached hydrogen (secondary N) is 1. The van der Waals surface area contributed by atoms with E-state index in [9.17, 15) is 9.59 Å². The van der Waals surface area contributed by atoms with Gasteiger partial charge in [-0.25, -0.2) is 4.98 Å². The summed E-state index contributed by atoms with van der Waals surface area (Å²) < 4.78 is 0. The number of amides is 2. The van der Waals surface area contributed by atoms with Crippen LogP contribution >= 0.6 is 11.3 Å². The third-order valence-electron chi connectivity index (χ3n) is 4.18. The van der Waals surface area contributed by atoms with Gasteiger partial charge in [-0.3, -0.25) is 9.59 Å². The second-order valence-corrected chi connectivity index (χ2v) is 6.89. The van der Waals surface area contributed by atoms with E-state index in [-0.39, 0.29) is 17.7 Å². The van der Waals surface area contributed by atoms with Crippen LogP contribution in [0.2, 0.25) is 0 Å². The van der Waals surface area contributed by atoms with Crippen molar-refractivity contribution in [1.29, 1.82) is 0 Å². The maximum atomic E-state index is 12.6. The zero-order chi connectivity index (χ0) is 16.1. The maximum Gasteiger partial charge on any atom is 0.265 e. The van der Waals surface area contributed by atoms with Gasteiger partial charge in [0.15, 0.2) is 0 Å². The summed E-state index contributed by atoms with van der Waals surface area (Å²) in [4.78, 5) is 31.5. The Hall–Kier alpha value is -1.43. The molecule has 0 bridgehead atoms. The average Bonchev–Trinajstić information content (AvgIpc) is 2.92. The van der Waals surface area contributed by atoms with Crippen molar-refractivity contribution in [2.45, 2.75) is 46.0 Å². The fraction of sp³-hybridized carbons (Fsp3) is 0.688. The van der Waals surface area contributed by atoms with E-state index in [2.05, 4.69) is 17.2 Å². The second kappa shape index (κ2) is 7.72. The third-order valence-corrected chi connectivity index (χ3v) is 5.38. The molecule has 0 radical (unpaired) electrons. The molecule has 1 aliphatic rings. The van der Waals surface area contributed by atoms with Gasteiger partial charge in [-0.05, 0) is 32.6 Å². The predicted molar refractivity (Wildman–Crippen MR) is 88.2 cm³/mol. The van der Waals surface area contributed by atoms with Gasteiger partial charge in [0.25, 0.3) is 5.91 Å². The molecule has 0 unspecified atom stereocenters. The van der Waals surface area contributed by atoms with Crippen molar-refractivity contribution in [2.24, 2.45) is 5.92 Å². The summed E-state index contributed by atoms with van der Waals surface area (Å²) in [6.07, 6.45) is 4.68. The molecule has 0 saturated carbocycles. The van der Waals surface area contributed by atoms with Crippen molar-refractivity contribution >= 4 is 23.2 Å². The highest BCUT2D eigenvalue weighted by molar-refractivity contribution is 7.13. The summed E-state index contributed by atoms with van der Waals surface area (Å²) in [5.74, 6) is 0.202. The molecule has 2 amide bonds. The number of aromatic nitrogens is 1. The minimum atomic E-state index is 0.0386. The molecule has 2 rings (SSSR count). The van der Waals surface area contributed by atoms with Crippen molar-refractivity contribution in [3.05, 3.63) is 15.6 Å². The van der Waals surface area contributed by atoms with Crippen LogP contribution in [0.15, 0.2) is 0 Å². The Morgan fingerprint density at radius 1 is 1.36 bits per heavy atom. The number of nitrogens with zero attached hydrogens (tertiary/aromatic N) is 2. The largest absolute Gasteiger partial charge is 0.359 e. The molecule has 0 aromatic carbocycles. The lowest BCUT2D eigenvalue weighted by molar-refractivity contribution is -0.125. The minimum absolute atomic E-state index is 0.0386. The van der Waals surface area contributed by atoms with E-state index in [0.717, 1.165) is 47.7 Å². The number of carbonyl (C=O) groups excluding carboxylic acids is 2. The highest BCUT2D eigenvalue weighted by atomic mass is 32.1. The van der Waals surface area contributed by atoms with Gasteiger partial charge < -0.3 is 10.2 Å². The Morgan fingerprint density at radius 2 is 2.05 bits per heavy atom. The number of unbranched alkanes of at least 4 members (excludes halogenated alkanes) is 1. The Labute approximate surface area is 136 Å². The number of carbonyl (C=O) groups is 2. The van der Waals surface area contributed by atoms with Crippen LogP contribution in [0.1, 0.15) is 53.0 Å². The van der Waals surface area contributed by atoms with Crippen molar-refractivity contribution in [3.8, 4) is 0 Å². The van der Waals surface area contributed by atoms with E-state index >= 15 is 0 Å². The zero-order valence-electron chi connectivity index (χ0n) is 13.6. The fourth-order valence-electron chi connectivity index (χ4n) is 2.78. The monoisotopic (exact) mass is 323 g/mol. The van der Waals surface area contributed by atoms with Crippen LogP contribution in [0.4, 0.5) is 0 Å². The molecule has 22 heavy (non-hydrogen) atoms. The van der Waals surface area contributed by atoms with Gasteiger partial charge in [0, 0.05) is 26.1 Å². The standard InChI is InChI=1S/C16H25N3O2S/c1-4-5-6-13-18-11(2)14(22-13)16(21)19-9-7-12(8-10-19)15(20)17-3/h12H,4-10H2,1-3H3,(H,17,20). The number of thiazole rings is 1. The van der Waals surface area contributed by atoms with Crippen molar-refractivity contribution in [2.75, 3.05) is 20.1 Å². The zero-order valence-corrected chi connectivity index (χ0v) is 14.5. The first-order chi connectivity index (χ1) is 10.6. The van der Waals surface area contributed by atoms with Crippen LogP contribution in [0.3, 0.4) is 0 Å². The number of hydrogen-bond acceptors (Lipinski definition) is 4. The maximum absolute atomic E-state index is 12.6. The van der Waals surface area contributed by atoms with Gasteiger partial charge in [-0.1, -0.05) is 13.3 Å². The Balaban J connectivity index is 1.98. The summed E-state index contributed by atoms with van der Waals surface area (Å²) in [6.45, 7) is 5.37. The lowest BCUT2D eigenvalue weighted by Gasteiger charge is -2.30. The Kier molecular flexibility index (Phi) is 5.94. The topological polar surface area (TPSA) is 62.3 Å². The first-order valence-corrected chi connectivity index (χ1v) is 8.85. The van der Waals surface area contributed by atoms with Crippen LogP contribution in [-0.2, 0) is 11.2 Å². The van der Waals surface area contributed by atoms with Crippen molar-refractivity contribution in [3.63, 3.8) is 0 Å². The fourth-order valence-corrected chi connectivity index (χ4v) is 3.85. The summed E-state index contributed by atoms with van der Waals surface area (Å²) in [5.41, 5.74) is 0.842. The van der Waals surface area contributed by atoms with Gasteiger partial charge in [-0.15, -0.1) is 11.3 Å². The number of likely N-dealkylation sites (tertiary alicyclic amines) is 1. The highest BCUT2D eigenvalue weighted by Crippen LogP contribution is 2.24.